The number of aliphatic carboxylic acids is 1. The van der Waals surface area contributed by atoms with Crippen molar-refractivity contribution in [3.05, 3.63) is 0 Å². The van der Waals surface area contributed by atoms with Crippen molar-refractivity contribution in [2.75, 3.05) is 0 Å². The first-order valence-corrected chi connectivity index (χ1v) is 8.17. The van der Waals surface area contributed by atoms with Crippen LogP contribution in [-0.4, -0.2) is 30.8 Å². The number of carboxylic acids is 1. The maximum Gasteiger partial charge on any atom is 0.322 e. The van der Waals surface area contributed by atoms with Crippen molar-refractivity contribution in [3.8, 4) is 0 Å². The van der Waals surface area contributed by atoms with Crippen LogP contribution in [-0.2, 0) is 14.8 Å². The summed E-state index contributed by atoms with van der Waals surface area (Å²) in [5, 5.41) is 8.69. The fourth-order valence-corrected chi connectivity index (χ4v) is 4.13. The fraction of sp³-hybridized carbons (Fsp3) is 0.917. The van der Waals surface area contributed by atoms with Crippen LogP contribution >= 0.6 is 0 Å². The number of carbonyl (C=O) groups is 1. The zero-order chi connectivity index (χ0) is 13.8. The Morgan fingerprint density at radius 1 is 1.33 bits per heavy atom. The first-order chi connectivity index (χ1) is 8.38. The van der Waals surface area contributed by atoms with Crippen LogP contribution in [0.25, 0.3) is 0 Å². The topological polar surface area (TPSA) is 83.5 Å². The van der Waals surface area contributed by atoms with E-state index in [1.165, 1.54) is 0 Å². The lowest BCUT2D eigenvalue weighted by atomic mass is 10.0. The summed E-state index contributed by atoms with van der Waals surface area (Å²) in [6.45, 7) is 3.61. The minimum Gasteiger partial charge on any atom is -0.480 e. The van der Waals surface area contributed by atoms with Gasteiger partial charge >= 0.3 is 5.97 Å². The van der Waals surface area contributed by atoms with Gasteiger partial charge in [0.1, 0.15) is 6.04 Å². The monoisotopic (exact) mass is 277 g/mol. The molecule has 1 aliphatic rings. The van der Waals surface area contributed by atoms with Crippen LogP contribution in [0.15, 0.2) is 0 Å². The molecule has 2 N–H and O–H groups in total. The van der Waals surface area contributed by atoms with Crippen molar-refractivity contribution in [3.63, 3.8) is 0 Å². The van der Waals surface area contributed by atoms with Gasteiger partial charge in [-0.15, -0.1) is 0 Å². The summed E-state index contributed by atoms with van der Waals surface area (Å²) in [5.74, 6) is -1.30. The van der Waals surface area contributed by atoms with Crippen LogP contribution in [0.2, 0.25) is 0 Å². The Bertz CT molecular complexity index is 374. The van der Waals surface area contributed by atoms with Crippen molar-refractivity contribution >= 4 is 16.0 Å². The zero-order valence-electron chi connectivity index (χ0n) is 11.1. The van der Waals surface area contributed by atoms with E-state index in [-0.39, 0.29) is 5.92 Å². The van der Waals surface area contributed by atoms with E-state index in [0.717, 1.165) is 19.3 Å². The van der Waals surface area contributed by atoms with E-state index >= 15 is 0 Å². The molecule has 0 aromatic rings. The third-order valence-electron chi connectivity index (χ3n) is 3.76. The van der Waals surface area contributed by atoms with Crippen molar-refractivity contribution in [2.45, 2.75) is 63.7 Å². The molecule has 0 aliphatic heterocycles. The maximum atomic E-state index is 12.1. The second kappa shape index (κ2) is 6.52. The molecule has 5 nitrogen and oxygen atoms in total. The SMILES string of the molecule is CCC(C)[C@H](NS(=O)(=O)C1CCCCC1)C(=O)O. The summed E-state index contributed by atoms with van der Waals surface area (Å²) in [7, 11) is -3.51. The molecule has 0 aromatic carbocycles. The number of hydrogen-bond acceptors (Lipinski definition) is 3. The Morgan fingerprint density at radius 2 is 1.89 bits per heavy atom. The van der Waals surface area contributed by atoms with Crippen LogP contribution in [0.4, 0.5) is 0 Å². The summed E-state index contributed by atoms with van der Waals surface area (Å²) in [6, 6.07) is -1.01. The van der Waals surface area contributed by atoms with E-state index < -0.39 is 27.3 Å². The third-order valence-corrected chi connectivity index (χ3v) is 5.69. The molecular weight excluding hydrogens is 254 g/mol. The van der Waals surface area contributed by atoms with Gasteiger partial charge in [0.15, 0.2) is 0 Å². The highest BCUT2D eigenvalue weighted by Crippen LogP contribution is 2.24. The summed E-state index contributed by atoms with van der Waals surface area (Å²) in [4.78, 5) is 11.1. The maximum absolute atomic E-state index is 12.1. The number of hydrogen-bond donors (Lipinski definition) is 2. The Hall–Kier alpha value is -0.620. The van der Waals surface area contributed by atoms with Crippen LogP contribution in [0, 0.1) is 5.92 Å². The van der Waals surface area contributed by atoms with Gasteiger partial charge in [0.25, 0.3) is 0 Å². The highest BCUT2D eigenvalue weighted by molar-refractivity contribution is 7.90. The van der Waals surface area contributed by atoms with Gasteiger partial charge < -0.3 is 5.11 Å². The van der Waals surface area contributed by atoms with E-state index in [2.05, 4.69) is 4.72 Å². The highest BCUT2D eigenvalue weighted by Gasteiger charge is 2.33. The van der Waals surface area contributed by atoms with Crippen molar-refractivity contribution in [1.82, 2.24) is 4.72 Å². The number of nitrogens with one attached hydrogen (secondary N) is 1. The average Bonchev–Trinajstić information content (AvgIpc) is 2.36. The molecule has 1 saturated carbocycles. The van der Waals surface area contributed by atoms with Crippen LogP contribution in [0.1, 0.15) is 52.4 Å². The van der Waals surface area contributed by atoms with Crippen molar-refractivity contribution in [1.29, 1.82) is 0 Å². The number of sulfonamides is 1. The Labute approximate surface area is 109 Å². The molecule has 0 heterocycles. The summed E-state index contributed by atoms with van der Waals surface area (Å²) in [5.41, 5.74) is 0. The average molecular weight is 277 g/mol. The molecule has 1 unspecified atom stereocenters. The van der Waals surface area contributed by atoms with Gasteiger partial charge in [-0.2, -0.15) is 0 Å². The van der Waals surface area contributed by atoms with Gasteiger partial charge in [-0.1, -0.05) is 39.5 Å². The molecule has 18 heavy (non-hydrogen) atoms. The standard InChI is InChI=1S/C12H23NO4S/c1-3-9(2)11(12(14)15)13-18(16,17)10-7-5-4-6-8-10/h9-11,13H,3-8H2,1-2H3,(H,14,15)/t9?,11-/m0/s1. The smallest absolute Gasteiger partial charge is 0.322 e. The number of rotatable bonds is 6. The molecule has 0 amide bonds. The molecule has 0 aromatic heterocycles. The van der Waals surface area contributed by atoms with E-state index in [1.54, 1.807) is 6.92 Å². The molecule has 2 atom stereocenters. The lowest BCUT2D eigenvalue weighted by Crippen LogP contribution is -2.48. The van der Waals surface area contributed by atoms with Gasteiger partial charge in [0.05, 0.1) is 5.25 Å². The molecule has 0 radical (unpaired) electrons. The van der Waals surface area contributed by atoms with Gasteiger partial charge in [-0.25, -0.2) is 13.1 Å². The molecule has 106 valence electrons. The minimum absolute atomic E-state index is 0.208. The van der Waals surface area contributed by atoms with Gasteiger partial charge in [-0.05, 0) is 18.8 Å². The first kappa shape index (κ1) is 15.4. The summed E-state index contributed by atoms with van der Waals surface area (Å²) >= 11 is 0. The second-order valence-electron chi connectivity index (χ2n) is 5.12. The highest BCUT2D eigenvalue weighted by atomic mass is 32.2. The first-order valence-electron chi connectivity index (χ1n) is 6.62. The molecule has 0 saturated heterocycles. The Balaban J connectivity index is 2.75. The lowest BCUT2D eigenvalue weighted by Gasteiger charge is -2.26. The fourth-order valence-electron chi connectivity index (χ4n) is 2.29. The Kier molecular flexibility index (Phi) is 5.59. The predicted molar refractivity (Wildman–Crippen MR) is 69.8 cm³/mol. The quantitative estimate of drug-likeness (QED) is 0.774. The minimum atomic E-state index is -3.51. The zero-order valence-corrected chi connectivity index (χ0v) is 11.9. The van der Waals surface area contributed by atoms with Gasteiger partial charge in [0.2, 0.25) is 10.0 Å². The third kappa shape index (κ3) is 3.95. The molecule has 0 bridgehead atoms. The van der Waals surface area contributed by atoms with Crippen LogP contribution in [0.3, 0.4) is 0 Å². The summed E-state index contributed by atoms with van der Waals surface area (Å²) in [6.07, 6.45) is 4.80. The second-order valence-corrected chi connectivity index (χ2v) is 7.12. The van der Waals surface area contributed by atoms with E-state index in [9.17, 15) is 13.2 Å². The molecule has 1 fully saturated rings. The normalized spacial score (nSPS) is 21.4. The molecule has 1 rings (SSSR count). The van der Waals surface area contributed by atoms with Gasteiger partial charge in [0, 0.05) is 0 Å². The van der Waals surface area contributed by atoms with Crippen LogP contribution in [0.5, 0.6) is 0 Å². The van der Waals surface area contributed by atoms with Crippen molar-refractivity contribution in [2.24, 2.45) is 5.92 Å². The largest absolute Gasteiger partial charge is 0.480 e. The predicted octanol–water partition coefficient (Wildman–Crippen LogP) is 1.74. The van der Waals surface area contributed by atoms with Gasteiger partial charge in [-0.3, -0.25) is 4.79 Å². The van der Waals surface area contributed by atoms with Crippen LogP contribution < -0.4 is 4.72 Å². The van der Waals surface area contributed by atoms with Crippen molar-refractivity contribution < 1.29 is 18.3 Å². The lowest BCUT2D eigenvalue weighted by molar-refractivity contribution is -0.140. The molecule has 6 heteroatoms. The molecular formula is C12H23NO4S. The summed E-state index contributed by atoms with van der Waals surface area (Å²) < 4.78 is 26.7. The molecule has 1 aliphatic carbocycles. The Morgan fingerprint density at radius 3 is 2.33 bits per heavy atom. The van der Waals surface area contributed by atoms with E-state index in [4.69, 9.17) is 5.11 Å². The molecule has 0 spiro atoms. The van der Waals surface area contributed by atoms with E-state index in [0.29, 0.717) is 19.3 Å². The number of carboxylic acid groups (broad SMARTS) is 1. The van der Waals surface area contributed by atoms with E-state index in [1.807, 2.05) is 6.92 Å².